The zero-order valence-corrected chi connectivity index (χ0v) is 12.5. The van der Waals surface area contributed by atoms with Crippen LogP contribution in [0.2, 0.25) is 0 Å². The molecule has 0 amide bonds. The van der Waals surface area contributed by atoms with Gasteiger partial charge in [-0.05, 0) is 31.7 Å². The van der Waals surface area contributed by atoms with Gasteiger partial charge in [0, 0.05) is 12.0 Å². The van der Waals surface area contributed by atoms with E-state index in [4.69, 9.17) is 9.15 Å². The quantitative estimate of drug-likeness (QED) is 0.829. The Bertz CT molecular complexity index is 533. The van der Waals surface area contributed by atoms with Crippen molar-refractivity contribution in [3.63, 3.8) is 0 Å². The van der Waals surface area contributed by atoms with E-state index in [1.54, 1.807) is 0 Å². The molecule has 0 fully saturated rings. The van der Waals surface area contributed by atoms with Gasteiger partial charge in [-0.25, -0.2) is 0 Å². The fourth-order valence-electron chi connectivity index (χ4n) is 2.31. The van der Waals surface area contributed by atoms with Crippen LogP contribution in [0.5, 0.6) is 5.75 Å². The highest BCUT2D eigenvalue weighted by Crippen LogP contribution is 2.31. The third kappa shape index (κ3) is 3.23. The van der Waals surface area contributed by atoms with Crippen LogP contribution in [0.1, 0.15) is 43.9 Å². The van der Waals surface area contributed by atoms with Crippen molar-refractivity contribution in [2.45, 2.75) is 33.2 Å². The molecule has 1 aromatic heterocycles. The second-order valence-corrected chi connectivity index (χ2v) is 4.62. The molecule has 0 saturated carbocycles. The summed E-state index contributed by atoms with van der Waals surface area (Å²) in [6.07, 6.45) is 0.909. The highest BCUT2D eigenvalue weighted by atomic mass is 16.5. The molecule has 3 nitrogen and oxygen atoms in total. The summed E-state index contributed by atoms with van der Waals surface area (Å²) in [5.74, 6) is 2.86. The van der Waals surface area contributed by atoms with Crippen LogP contribution in [-0.2, 0) is 6.42 Å². The molecule has 0 saturated heterocycles. The zero-order chi connectivity index (χ0) is 14.4. The molecule has 0 bridgehead atoms. The van der Waals surface area contributed by atoms with E-state index >= 15 is 0 Å². The fraction of sp³-hybridized carbons (Fsp3) is 0.412. The Morgan fingerprint density at radius 3 is 2.55 bits per heavy atom. The highest BCUT2D eigenvalue weighted by molar-refractivity contribution is 5.39. The molecule has 0 aliphatic heterocycles. The van der Waals surface area contributed by atoms with E-state index in [1.165, 1.54) is 0 Å². The van der Waals surface area contributed by atoms with Gasteiger partial charge in [-0.3, -0.25) is 0 Å². The van der Waals surface area contributed by atoms with Crippen molar-refractivity contribution in [3.8, 4) is 5.75 Å². The Hall–Kier alpha value is -1.74. The first kappa shape index (κ1) is 14.7. The summed E-state index contributed by atoms with van der Waals surface area (Å²) in [6.45, 7) is 7.72. The third-order valence-corrected chi connectivity index (χ3v) is 3.25. The molecule has 0 aliphatic carbocycles. The summed E-state index contributed by atoms with van der Waals surface area (Å²) in [7, 11) is 0. The molecule has 2 rings (SSSR count). The molecule has 0 aliphatic rings. The van der Waals surface area contributed by atoms with Crippen LogP contribution >= 0.6 is 0 Å². The van der Waals surface area contributed by atoms with Crippen molar-refractivity contribution in [2.75, 3.05) is 13.2 Å². The maximum atomic E-state index is 5.92. The van der Waals surface area contributed by atoms with Gasteiger partial charge in [-0.2, -0.15) is 0 Å². The molecule has 1 aromatic carbocycles. The smallest absolute Gasteiger partial charge is 0.125 e. The molecule has 3 heteroatoms. The first-order valence-corrected chi connectivity index (χ1v) is 7.33. The number of benzene rings is 1. The SMILES string of the molecule is CCNC(c1ccc(CC)o1)c1ccccc1OCC. The lowest BCUT2D eigenvalue weighted by Crippen LogP contribution is -2.22. The summed E-state index contributed by atoms with van der Waals surface area (Å²) in [5, 5.41) is 3.48. The molecule has 0 spiro atoms. The van der Waals surface area contributed by atoms with E-state index in [1.807, 2.05) is 31.2 Å². The number of nitrogens with one attached hydrogen (secondary N) is 1. The number of hydrogen-bond donors (Lipinski definition) is 1. The first-order valence-electron chi connectivity index (χ1n) is 7.33. The normalized spacial score (nSPS) is 12.3. The number of para-hydroxylation sites is 1. The Morgan fingerprint density at radius 2 is 1.90 bits per heavy atom. The van der Waals surface area contributed by atoms with E-state index in [0.717, 1.165) is 35.8 Å². The van der Waals surface area contributed by atoms with Crippen LogP contribution < -0.4 is 10.1 Å². The van der Waals surface area contributed by atoms with E-state index in [0.29, 0.717) is 6.61 Å². The second-order valence-electron chi connectivity index (χ2n) is 4.62. The monoisotopic (exact) mass is 273 g/mol. The van der Waals surface area contributed by atoms with Crippen LogP contribution in [0.25, 0.3) is 0 Å². The third-order valence-electron chi connectivity index (χ3n) is 3.25. The number of aryl methyl sites for hydroxylation is 1. The molecular weight excluding hydrogens is 250 g/mol. The van der Waals surface area contributed by atoms with E-state index in [9.17, 15) is 0 Å². The van der Waals surface area contributed by atoms with Crippen molar-refractivity contribution < 1.29 is 9.15 Å². The average Bonchev–Trinajstić information content (AvgIpc) is 2.95. The second kappa shape index (κ2) is 7.15. The van der Waals surface area contributed by atoms with Crippen LogP contribution in [0, 0.1) is 0 Å². The summed E-state index contributed by atoms with van der Waals surface area (Å²) in [5.41, 5.74) is 1.12. The maximum absolute atomic E-state index is 5.92. The summed E-state index contributed by atoms with van der Waals surface area (Å²) in [6, 6.07) is 12.3. The van der Waals surface area contributed by atoms with Gasteiger partial charge in [0.2, 0.25) is 0 Å². The van der Waals surface area contributed by atoms with Crippen molar-refractivity contribution in [2.24, 2.45) is 0 Å². The molecule has 0 radical (unpaired) electrons. The minimum absolute atomic E-state index is 0.0306. The summed E-state index contributed by atoms with van der Waals surface area (Å²) in [4.78, 5) is 0. The van der Waals surface area contributed by atoms with Gasteiger partial charge < -0.3 is 14.5 Å². The lowest BCUT2D eigenvalue weighted by Gasteiger charge is -2.19. The van der Waals surface area contributed by atoms with Crippen LogP contribution in [-0.4, -0.2) is 13.2 Å². The Morgan fingerprint density at radius 1 is 1.10 bits per heavy atom. The number of hydrogen-bond acceptors (Lipinski definition) is 3. The molecule has 1 atom stereocenters. The molecule has 108 valence electrons. The van der Waals surface area contributed by atoms with Gasteiger partial charge in [-0.1, -0.05) is 32.0 Å². The number of ether oxygens (including phenoxy) is 1. The predicted octanol–water partition coefficient (Wildman–Crippen LogP) is 3.94. The number of furan rings is 1. The van der Waals surface area contributed by atoms with Crippen molar-refractivity contribution >= 4 is 0 Å². The van der Waals surface area contributed by atoms with Gasteiger partial charge in [0.1, 0.15) is 17.3 Å². The van der Waals surface area contributed by atoms with Gasteiger partial charge >= 0.3 is 0 Å². The van der Waals surface area contributed by atoms with Crippen molar-refractivity contribution in [3.05, 3.63) is 53.5 Å². The summed E-state index contributed by atoms with van der Waals surface area (Å²) >= 11 is 0. The van der Waals surface area contributed by atoms with Gasteiger partial charge in [0.25, 0.3) is 0 Å². The topological polar surface area (TPSA) is 34.4 Å². The average molecular weight is 273 g/mol. The lowest BCUT2D eigenvalue weighted by atomic mass is 10.0. The van der Waals surface area contributed by atoms with Crippen LogP contribution in [0.15, 0.2) is 40.8 Å². The van der Waals surface area contributed by atoms with Crippen LogP contribution in [0.4, 0.5) is 0 Å². The highest BCUT2D eigenvalue weighted by Gasteiger charge is 2.20. The van der Waals surface area contributed by atoms with E-state index < -0.39 is 0 Å². The molecule has 2 aromatic rings. The summed E-state index contributed by atoms with van der Waals surface area (Å²) < 4.78 is 11.7. The van der Waals surface area contributed by atoms with E-state index in [-0.39, 0.29) is 6.04 Å². The van der Waals surface area contributed by atoms with E-state index in [2.05, 4.69) is 31.3 Å². The van der Waals surface area contributed by atoms with Gasteiger partial charge in [-0.15, -0.1) is 0 Å². The van der Waals surface area contributed by atoms with Crippen molar-refractivity contribution in [1.29, 1.82) is 0 Å². The van der Waals surface area contributed by atoms with Gasteiger partial charge in [0.05, 0.1) is 12.6 Å². The fourth-order valence-corrected chi connectivity index (χ4v) is 2.31. The minimum atomic E-state index is 0.0306. The molecule has 1 heterocycles. The zero-order valence-electron chi connectivity index (χ0n) is 12.5. The lowest BCUT2D eigenvalue weighted by molar-refractivity contribution is 0.330. The maximum Gasteiger partial charge on any atom is 0.125 e. The Labute approximate surface area is 121 Å². The Balaban J connectivity index is 2.37. The molecule has 20 heavy (non-hydrogen) atoms. The van der Waals surface area contributed by atoms with Crippen LogP contribution in [0.3, 0.4) is 0 Å². The van der Waals surface area contributed by atoms with Crippen molar-refractivity contribution in [1.82, 2.24) is 5.32 Å². The molecular formula is C17H23NO2. The van der Waals surface area contributed by atoms with Gasteiger partial charge in [0.15, 0.2) is 0 Å². The largest absolute Gasteiger partial charge is 0.494 e. The molecule has 1 N–H and O–H groups in total. The number of rotatable bonds is 7. The standard InChI is InChI=1S/C17H23NO2/c1-4-13-11-12-16(20-13)17(18-5-2)14-9-7-8-10-15(14)19-6-3/h7-12,17-18H,4-6H2,1-3H3. The predicted molar refractivity (Wildman–Crippen MR) is 81.2 cm³/mol. The Kier molecular flexibility index (Phi) is 5.24. The molecule has 1 unspecified atom stereocenters. The minimum Gasteiger partial charge on any atom is -0.494 e. The first-order chi connectivity index (χ1) is 9.80.